The topological polar surface area (TPSA) is 61.5 Å². The van der Waals surface area contributed by atoms with E-state index in [-0.39, 0.29) is 5.97 Å². The van der Waals surface area contributed by atoms with Crippen LogP contribution in [0.4, 0.5) is 0 Å². The van der Waals surface area contributed by atoms with Crippen LogP contribution < -0.4 is 10.5 Å². The molecule has 1 aliphatic carbocycles. The second-order valence-corrected chi connectivity index (χ2v) is 5.29. The first kappa shape index (κ1) is 16.3. The van der Waals surface area contributed by atoms with Gasteiger partial charge in [-0.25, -0.2) is 0 Å². The van der Waals surface area contributed by atoms with Gasteiger partial charge in [0.1, 0.15) is 18.4 Å². The summed E-state index contributed by atoms with van der Waals surface area (Å²) >= 11 is 0. The van der Waals surface area contributed by atoms with E-state index in [0.29, 0.717) is 19.6 Å². The smallest absolute Gasteiger partial charge is 0.323 e. The highest BCUT2D eigenvalue weighted by molar-refractivity contribution is 5.75. The molecule has 118 valence electrons. The Hall–Kier alpha value is -2.07. The maximum Gasteiger partial charge on any atom is 0.323 e. The minimum absolute atomic E-state index is 0.352. The van der Waals surface area contributed by atoms with Crippen molar-refractivity contribution in [3.05, 3.63) is 53.6 Å². The quantitative estimate of drug-likeness (QED) is 0.787. The Morgan fingerprint density at radius 3 is 2.73 bits per heavy atom. The highest BCUT2D eigenvalue weighted by Gasteiger charge is 2.14. The van der Waals surface area contributed by atoms with E-state index in [2.05, 4.69) is 18.2 Å². The molecule has 0 aromatic heterocycles. The van der Waals surface area contributed by atoms with Crippen molar-refractivity contribution in [2.24, 2.45) is 5.73 Å². The molecule has 1 aromatic rings. The van der Waals surface area contributed by atoms with Crippen LogP contribution in [-0.4, -0.2) is 25.2 Å². The predicted molar refractivity (Wildman–Crippen MR) is 86.7 cm³/mol. The lowest BCUT2D eigenvalue weighted by Crippen LogP contribution is -2.34. The molecule has 4 nitrogen and oxygen atoms in total. The molecule has 4 heteroatoms. The number of hydrogen-bond acceptors (Lipinski definition) is 4. The predicted octanol–water partition coefficient (Wildman–Crippen LogP) is 2.77. The number of benzene rings is 1. The Balaban J connectivity index is 1.83. The van der Waals surface area contributed by atoms with Crippen molar-refractivity contribution in [3.63, 3.8) is 0 Å². The minimum Gasteiger partial charge on any atom is -0.489 e. The summed E-state index contributed by atoms with van der Waals surface area (Å²) in [6.45, 7) is 2.74. The monoisotopic (exact) mass is 301 g/mol. The number of hydrogen-bond donors (Lipinski definition) is 1. The van der Waals surface area contributed by atoms with Gasteiger partial charge < -0.3 is 15.2 Å². The third kappa shape index (κ3) is 5.04. The van der Waals surface area contributed by atoms with Crippen molar-refractivity contribution in [2.75, 3.05) is 13.2 Å². The zero-order valence-electron chi connectivity index (χ0n) is 13.0. The van der Waals surface area contributed by atoms with E-state index < -0.39 is 6.04 Å². The fraction of sp³-hybridized carbons (Fsp3) is 0.389. The lowest BCUT2D eigenvalue weighted by molar-refractivity contribution is -0.144. The number of ether oxygens (including phenoxy) is 2. The summed E-state index contributed by atoms with van der Waals surface area (Å²) in [7, 11) is 0. The molecule has 0 aliphatic heterocycles. The van der Waals surface area contributed by atoms with Crippen molar-refractivity contribution < 1.29 is 14.3 Å². The second kappa shape index (κ2) is 8.39. The van der Waals surface area contributed by atoms with Crippen molar-refractivity contribution >= 4 is 5.97 Å². The SMILES string of the molecule is CCOC(=O)C(N)Cc1ccc(OCC2=CC=CCC2)cc1. The van der Waals surface area contributed by atoms with Crippen LogP contribution in [0.5, 0.6) is 5.75 Å². The fourth-order valence-corrected chi connectivity index (χ4v) is 2.26. The van der Waals surface area contributed by atoms with Gasteiger partial charge in [0.25, 0.3) is 0 Å². The molecule has 22 heavy (non-hydrogen) atoms. The molecule has 0 radical (unpaired) electrons. The molecule has 0 amide bonds. The molecule has 2 rings (SSSR count). The molecular formula is C18H23NO3. The van der Waals surface area contributed by atoms with E-state index in [1.807, 2.05) is 24.3 Å². The molecule has 0 bridgehead atoms. The summed E-state index contributed by atoms with van der Waals surface area (Å²) in [5.41, 5.74) is 8.10. The molecule has 0 saturated carbocycles. The molecule has 0 spiro atoms. The molecular weight excluding hydrogens is 278 g/mol. The first-order valence-corrected chi connectivity index (χ1v) is 7.67. The first-order valence-electron chi connectivity index (χ1n) is 7.67. The summed E-state index contributed by atoms with van der Waals surface area (Å²) in [4.78, 5) is 11.5. The molecule has 1 atom stereocenters. The Morgan fingerprint density at radius 2 is 2.09 bits per heavy atom. The van der Waals surface area contributed by atoms with Crippen molar-refractivity contribution in [3.8, 4) is 5.75 Å². The number of carbonyl (C=O) groups excluding carboxylic acids is 1. The average Bonchev–Trinajstić information content (AvgIpc) is 2.55. The molecule has 1 unspecified atom stereocenters. The van der Waals surface area contributed by atoms with Gasteiger partial charge in [0.05, 0.1) is 6.61 Å². The lowest BCUT2D eigenvalue weighted by Gasteiger charge is -2.13. The number of carbonyl (C=O) groups is 1. The standard InChI is InChI=1S/C18H23NO3/c1-2-21-18(20)17(19)12-14-8-10-16(11-9-14)22-13-15-6-4-3-5-7-15/h3-4,6,8-11,17H,2,5,7,12-13,19H2,1H3. The van der Waals surface area contributed by atoms with E-state index in [1.54, 1.807) is 6.92 Å². The summed E-state index contributed by atoms with van der Waals surface area (Å²) in [6.07, 6.45) is 8.95. The van der Waals surface area contributed by atoms with Crippen LogP contribution in [0.15, 0.2) is 48.1 Å². The lowest BCUT2D eigenvalue weighted by atomic mass is 10.1. The zero-order valence-corrected chi connectivity index (χ0v) is 13.0. The molecule has 1 aliphatic rings. The van der Waals surface area contributed by atoms with E-state index >= 15 is 0 Å². The van der Waals surface area contributed by atoms with Crippen molar-refractivity contribution in [1.29, 1.82) is 0 Å². The van der Waals surface area contributed by atoms with Gasteiger partial charge in [0, 0.05) is 0 Å². The Bertz CT molecular complexity index is 546. The molecule has 0 heterocycles. The highest BCUT2D eigenvalue weighted by Crippen LogP contribution is 2.17. The summed E-state index contributed by atoms with van der Waals surface area (Å²) in [6, 6.07) is 7.07. The summed E-state index contributed by atoms with van der Waals surface area (Å²) < 4.78 is 10.7. The fourth-order valence-electron chi connectivity index (χ4n) is 2.26. The Labute approximate surface area is 131 Å². The second-order valence-electron chi connectivity index (χ2n) is 5.29. The Kier molecular flexibility index (Phi) is 6.22. The van der Waals surface area contributed by atoms with Crippen LogP contribution >= 0.6 is 0 Å². The van der Waals surface area contributed by atoms with E-state index in [1.165, 1.54) is 5.57 Å². The maximum absolute atomic E-state index is 11.5. The number of rotatable bonds is 7. The van der Waals surface area contributed by atoms with Crippen molar-refractivity contribution in [2.45, 2.75) is 32.2 Å². The largest absolute Gasteiger partial charge is 0.489 e. The average molecular weight is 301 g/mol. The first-order chi connectivity index (χ1) is 10.7. The van der Waals surface area contributed by atoms with Gasteiger partial charge in [-0.1, -0.05) is 30.4 Å². The zero-order chi connectivity index (χ0) is 15.8. The third-order valence-electron chi connectivity index (χ3n) is 3.49. The minimum atomic E-state index is -0.620. The van der Waals surface area contributed by atoms with Crippen LogP contribution in [0.25, 0.3) is 0 Å². The van der Waals surface area contributed by atoms with Gasteiger partial charge in [-0.3, -0.25) is 4.79 Å². The van der Waals surface area contributed by atoms with Gasteiger partial charge in [-0.05, 0) is 49.5 Å². The van der Waals surface area contributed by atoms with Crippen LogP contribution in [0, 0.1) is 0 Å². The van der Waals surface area contributed by atoms with Gasteiger partial charge in [-0.15, -0.1) is 0 Å². The van der Waals surface area contributed by atoms with Crippen molar-refractivity contribution in [1.82, 2.24) is 0 Å². The van der Waals surface area contributed by atoms with E-state index in [4.69, 9.17) is 15.2 Å². The molecule has 0 saturated heterocycles. The van der Waals surface area contributed by atoms with Gasteiger partial charge >= 0.3 is 5.97 Å². The van der Waals surface area contributed by atoms with E-state index in [9.17, 15) is 4.79 Å². The maximum atomic E-state index is 11.5. The Morgan fingerprint density at radius 1 is 1.32 bits per heavy atom. The van der Waals surface area contributed by atoms with Crippen LogP contribution in [0.1, 0.15) is 25.3 Å². The number of esters is 1. The van der Waals surface area contributed by atoms with E-state index in [0.717, 1.165) is 24.2 Å². The normalized spacial score (nSPS) is 15.1. The number of allylic oxidation sites excluding steroid dienone is 3. The molecule has 2 N–H and O–H groups in total. The van der Waals surface area contributed by atoms with Gasteiger partial charge in [-0.2, -0.15) is 0 Å². The summed E-state index contributed by atoms with van der Waals surface area (Å²) in [5, 5.41) is 0. The highest BCUT2D eigenvalue weighted by atomic mass is 16.5. The third-order valence-corrected chi connectivity index (χ3v) is 3.49. The summed E-state index contributed by atoms with van der Waals surface area (Å²) in [5.74, 6) is 0.462. The van der Waals surface area contributed by atoms with Gasteiger partial charge in [0.2, 0.25) is 0 Å². The van der Waals surface area contributed by atoms with Gasteiger partial charge in [0.15, 0.2) is 0 Å². The molecule has 0 fully saturated rings. The van der Waals surface area contributed by atoms with Crippen LogP contribution in [-0.2, 0) is 16.0 Å². The number of nitrogens with two attached hydrogens (primary N) is 1. The molecule has 1 aromatic carbocycles. The van der Waals surface area contributed by atoms with Crippen LogP contribution in [0.3, 0.4) is 0 Å². The van der Waals surface area contributed by atoms with Crippen LogP contribution in [0.2, 0.25) is 0 Å².